The van der Waals surface area contributed by atoms with Gasteiger partial charge >= 0.3 is 12.1 Å². The fourth-order valence-electron chi connectivity index (χ4n) is 3.47. The molecule has 4 nitrogen and oxygen atoms in total. The molecular formula is C24H18F4N2O2S. The van der Waals surface area contributed by atoms with E-state index in [1.165, 1.54) is 23.9 Å². The molecule has 0 atom stereocenters. The fourth-order valence-corrected chi connectivity index (χ4v) is 4.53. The maximum absolute atomic E-state index is 14.2. The van der Waals surface area contributed by atoms with Gasteiger partial charge in [-0.25, -0.2) is 9.18 Å². The van der Waals surface area contributed by atoms with Crippen LogP contribution >= 0.6 is 11.8 Å². The van der Waals surface area contributed by atoms with Gasteiger partial charge in [0, 0.05) is 34.5 Å². The Labute approximate surface area is 190 Å². The van der Waals surface area contributed by atoms with Gasteiger partial charge in [0.25, 0.3) is 0 Å². The molecule has 0 amide bonds. The summed E-state index contributed by atoms with van der Waals surface area (Å²) in [6.07, 6.45) is -4.75. The number of aromatic amines is 1. The Hall–Kier alpha value is -3.30. The molecule has 1 heterocycles. The van der Waals surface area contributed by atoms with Crippen molar-refractivity contribution >= 4 is 28.6 Å². The smallest absolute Gasteiger partial charge is 0.419 e. The molecule has 0 bridgehead atoms. The minimum Gasteiger partial charge on any atom is -0.477 e. The second kappa shape index (κ2) is 9.29. The highest BCUT2D eigenvalue weighted by Gasteiger charge is 2.34. The van der Waals surface area contributed by atoms with Gasteiger partial charge in [0.1, 0.15) is 11.5 Å². The first-order valence-electron chi connectivity index (χ1n) is 9.90. The molecule has 3 aromatic carbocycles. The second-order valence-corrected chi connectivity index (χ2v) is 8.39. The summed E-state index contributed by atoms with van der Waals surface area (Å²) in [5.41, 5.74) is 0.0921. The summed E-state index contributed by atoms with van der Waals surface area (Å²) in [4.78, 5) is 16.2. The molecule has 0 saturated carbocycles. The number of aromatic nitrogens is 1. The zero-order chi connectivity index (χ0) is 23.6. The number of aromatic carboxylic acids is 1. The highest BCUT2D eigenvalue weighted by molar-refractivity contribution is 7.99. The zero-order valence-corrected chi connectivity index (χ0v) is 17.9. The largest absolute Gasteiger partial charge is 0.477 e. The molecule has 33 heavy (non-hydrogen) atoms. The normalized spacial score (nSPS) is 11.8. The number of rotatable bonds is 7. The van der Waals surface area contributed by atoms with E-state index < -0.39 is 23.5 Å². The third-order valence-corrected chi connectivity index (χ3v) is 6.16. The van der Waals surface area contributed by atoms with E-state index in [0.29, 0.717) is 16.5 Å². The average molecular weight is 474 g/mol. The van der Waals surface area contributed by atoms with Gasteiger partial charge in [0.05, 0.1) is 10.5 Å². The van der Waals surface area contributed by atoms with E-state index in [1.54, 1.807) is 18.2 Å². The molecule has 0 aliphatic heterocycles. The average Bonchev–Trinajstić information content (AvgIpc) is 3.13. The molecule has 170 valence electrons. The van der Waals surface area contributed by atoms with Gasteiger partial charge in [0.15, 0.2) is 0 Å². The molecule has 0 spiro atoms. The van der Waals surface area contributed by atoms with Crippen molar-refractivity contribution in [1.29, 1.82) is 0 Å². The summed E-state index contributed by atoms with van der Waals surface area (Å²) < 4.78 is 52.8. The number of fused-ring (bicyclic) bond motifs is 1. The van der Waals surface area contributed by atoms with E-state index >= 15 is 0 Å². The van der Waals surface area contributed by atoms with E-state index in [1.807, 2.05) is 30.3 Å². The van der Waals surface area contributed by atoms with Crippen LogP contribution in [0.15, 0.2) is 76.5 Å². The van der Waals surface area contributed by atoms with Gasteiger partial charge in [-0.2, -0.15) is 13.2 Å². The van der Waals surface area contributed by atoms with Gasteiger partial charge < -0.3 is 15.4 Å². The van der Waals surface area contributed by atoms with E-state index in [-0.39, 0.29) is 24.3 Å². The predicted molar refractivity (Wildman–Crippen MR) is 118 cm³/mol. The van der Waals surface area contributed by atoms with E-state index in [0.717, 1.165) is 15.8 Å². The highest BCUT2D eigenvalue weighted by Crippen LogP contribution is 2.37. The van der Waals surface area contributed by atoms with Gasteiger partial charge in [-0.15, -0.1) is 0 Å². The highest BCUT2D eigenvalue weighted by atomic mass is 32.2. The predicted octanol–water partition coefficient (Wildman–Crippen LogP) is 6.47. The number of benzene rings is 3. The lowest BCUT2D eigenvalue weighted by atomic mass is 10.1. The van der Waals surface area contributed by atoms with Gasteiger partial charge in [-0.3, -0.25) is 0 Å². The Morgan fingerprint density at radius 3 is 2.45 bits per heavy atom. The van der Waals surface area contributed by atoms with Crippen LogP contribution < -0.4 is 5.32 Å². The number of hydrogen-bond acceptors (Lipinski definition) is 3. The first-order chi connectivity index (χ1) is 15.7. The van der Waals surface area contributed by atoms with Crippen molar-refractivity contribution in [3.63, 3.8) is 0 Å². The van der Waals surface area contributed by atoms with Crippen LogP contribution in [0.5, 0.6) is 0 Å². The third-order valence-electron chi connectivity index (χ3n) is 5.02. The molecule has 9 heteroatoms. The first kappa shape index (κ1) is 22.9. The first-order valence-corrected chi connectivity index (χ1v) is 10.7. The molecule has 4 rings (SSSR count). The van der Waals surface area contributed by atoms with E-state index in [2.05, 4.69) is 10.3 Å². The Morgan fingerprint density at radius 2 is 1.76 bits per heavy atom. The van der Waals surface area contributed by atoms with Crippen LogP contribution in [0.4, 0.5) is 17.6 Å². The Bertz CT molecular complexity index is 1300. The fraction of sp³-hybridized carbons (Fsp3) is 0.125. The van der Waals surface area contributed by atoms with E-state index in [9.17, 15) is 27.5 Å². The lowest BCUT2D eigenvalue weighted by molar-refractivity contribution is -0.140. The summed E-state index contributed by atoms with van der Waals surface area (Å²) in [6.45, 7) is 0.169. The molecule has 0 saturated heterocycles. The molecule has 0 aliphatic carbocycles. The summed E-state index contributed by atoms with van der Waals surface area (Å²) in [5, 5.41) is 13.3. The molecule has 0 fully saturated rings. The Kier molecular flexibility index (Phi) is 6.44. The molecule has 0 aliphatic rings. The molecule has 3 N–H and O–H groups in total. The van der Waals surface area contributed by atoms with Gasteiger partial charge in [-0.05, 0) is 29.8 Å². The number of carbonyl (C=O) groups is 1. The van der Waals surface area contributed by atoms with Crippen molar-refractivity contribution in [2.45, 2.75) is 29.1 Å². The van der Waals surface area contributed by atoms with Crippen molar-refractivity contribution in [2.24, 2.45) is 0 Å². The second-order valence-electron chi connectivity index (χ2n) is 7.31. The molecule has 0 unspecified atom stereocenters. The van der Waals surface area contributed by atoms with Crippen LogP contribution in [0.3, 0.4) is 0 Å². The summed E-state index contributed by atoms with van der Waals surface area (Å²) >= 11 is 1.34. The van der Waals surface area contributed by atoms with Crippen LogP contribution in [0.1, 0.15) is 27.2 Å². The SMILES string of the molecule is O=C(O)c1[nH]c2cc(CNCc3cccc(C(F)(F)F)c3F)ccc2c1Sc1ccccc1. The molecule has 0 radical (unpaired) electrons. The number of carboxylic acids is 1. The van der Waals surface area contributed by atoms with Crippen molar-refractivity contribution in [3.05, 3.63) is 94.9 Å². The van der Waals surface area contributed by atoms with Crippen LogP contribution in [0.2, 0.25) is 0 Å². The topological polar surface area (TPSA) is 65.1 Å². The third kappa shape index (κ3) is 5.04. The minimum absolute atomic E-state index is 0.0787. The van der Waals surface area contributed by atoms with Gasteiger partial charge in [-0.1, -0.05) is 54.2 Å². The summed E-state index contributed by atoms with van der Waals surface area (Å²) in [6, 6.07) is 17.9. The van der Waals surface area contributed by atoms with Crippen LogP contribution in [-0.2, 0) is 19.3 Å². The van der Waals surface area contributed by atoms with Crippen molar-refractivity contribution in [3.8, 4) is 0 Å². The number of H-pyrrole nitrogens is 1. The number of halogens is 4. The lowest BCUT2D eigenvalue weighted by Gasteiger charge is -2.12. The van der Waals surface area contributed by atoms with E-state index in [4.69, 9.17) is 0 Å². The quantitative estimate of drug-likeness (QED) is 0.269. The lowest BCUT2D eigenvalue weighted by Crippen LogP contribution is -2.16. The standard InChI is InChI=1S/C24H18F4N2O2S/c25-20-15(5-4-8-18(20)24(26,27)28)13-29-12-14-9-10-17-19(11-14)30-21(23(31)32)22(17)33-16-6-2-1-3-7-16/h1-11,29-30H,12-13H2,(H,31,32). The van der Waals surface area contributed by atoms with Crippen molar-refractivity contribution in [1.82, 2.24) is 10.3 Å². The number of nitrogens with one attached hydrogen (secondary N) is 2. The Morgan fingerprint density at radius 1 is 1.00 bits per heavy atom. The number of carboxylic acid groups (broad SMARTS) is 1. The minimum atomic E-state index is -4.75. The summed E-state index contributed by atoms with van der Waals surface area (Å²) in [7, 11) is 0. The molecule has 4 aromatic rings. The van der Waals surface area contributed by atoms with Crippen LogP contribution in [-0.4, -0.2) is 16.1 Å². The van der Waals surface area contributed by atoms with Crippen molar-refractivity contribution < 1.29 is 27.5 Å². The van der Waals surface area contributed by atoms with Crippen molar-refractivity contribution in [2.75, 3.05) is 0 Å². The number of alkyl halides is 3. The van der Waals surface area contributed by atoms with Gasteiger partial charge in [0.2, 0.25) is 0 Å². The maximum Gasteiger partial charge on any atom is 0.419 e. The zero-order valence-electron chi connectivity index (χ0n) is 17.0. The monoisotopic (exact) mass is 474 g/mol. The Balaban J connectivity index is 1.53. The van der Waals surface area contributed by atoms with Crippen LogP contribution in [0.25, 0.3) is 10.9 Å². The molecule has 1 aromatic heterocycles. The van der Waals surface area contributed by atoms with Crippen LogP contribution in [0, 0.1) is 5.82 Å². The summed E-state index contributed by atoms with van der Waals surface area (Å²) in [5.74, 6) is -2.37. The molecular weight excluding hydrogens is 456 g/mol. The number of hydrogen-bond donors (Lipinski definition) is 3. The maximum atomic E-state index is 14.2.